The maximum Gasteiger partial charge on any atom is 0.250 e. The lowest BCUT2D eigenvalue weighted by Crippen LogP contribution is -2.53. The summed E-state index contributed by atoms with van der Waals surface area (Å²) in [5.41, 5.74) is 0. The standard InChI is InChI=1S/C51H102N6O6/c1-4-7-10-13-16-19-22-25-28-31-34-52-49(61)46(58)43-56-40-37-55(38-41-56)39-42-57(44-47(59)50(62)53-35-32-29-26-23-20-17-14-11-8-5-2)45-48(60)51(63)54-36-33-30-27-24-21-18-15-12-9-6-3/h46-48,58-60H,4-45H2,1-3H3,(H,52,61)(H,53,62)(H,54,63). The lowest BCUT2D eigenvalue weighted by molar-refractivity contribution is -0.132. The van der Waals surface area contributed by atoms with Gasteiger partial charge in [-0.3, -0.25) is 29.1 Å². The highest BCUT2D eigenvalue weighted by atomic mass is 16.3. The molecule has 0 saturated carbocycles. The zero-order chi connectivity index (χ0) is 46.0. The SMILES string of the molecule is CCCCCCCCCCCCNC(=O)C(O)CN1CCN(CCN(CC(O)C(=O)NCCCCCCCCCCCC)CC(O)C(=O)NCCCCCCCCCCCC)CC1. The Labute approximate surface area is 387 Å². The second kappa shape index (κ2) is 42.8. The molecule has 1 saturated heterocycles. The van der Waals surface area contributed by atoms with Crippen LogP contribution >= 0.6 is 0 Å². The predicted molar refractivity (Wildman–Crippen MR) is 262 cm³/mol. The molecule has 0 aromatic carbocycles. The zero-order valence-corrected chi connectivity index (χ0v) is 41.3. The van der Waals surface area contributed by atoms with Gasteiger partial charge in [-0.05, 0) is 19.3 Å². The van der Waals surface area contributed by atoms with Crippen LogP contribution in [0.1, 0.15) is 213 Å². The molecular weight excluding hydrogens is 793 g/mol. The van der Waals surface area contributed by atoms with Crippen LogP contribution in [0.4, 0.5) is 0 Å². The Morgan fingerprint density at radius 1 is 0.413 bits per heavy atom. The Balaban J connectivity index is 2.48. The number of aliphatic hydroxyl groups is 3. The Kier molecular flexibility index (Phi) is 40.2. The van der Waals surface area contributed by atoms with Crippen molar-refractivity contribution in [3.63, 3.8) is 0 Å². The van der Waals surface area contributed by atoms with Crippen LogP contribution in [0.25, 0.3) is 0 Å². The number of rotatable bonds is 45. The Morgan fingerprint density at radius 2 is 0.683 bits per heavy atom. The first kappa shape index (κ1) is 59.2. The largest absolute Gasteiger partial charge is 0.382 e. The van der Waals surface area contributed by atoms with Gasteiger partial charge in [-0.2, -0.15) is 0 Å². The summed E-state index contributed by atoms with van der Waals surface area (Å²) in [6.45, 7) is 12.7. The maximum atomic E-state index is 12.9. The summed E-state index contributed by atoms with van der Waals surface area (Å²) in [6.07, 6.45) is 33.0. The van der Waals surface area contributed by atoms with Gasteiger partial charge in [0.25, 0.3) is 0 Å². The number of hydrogen-bond donors (Lipinski definition) is 6. The van der Waals surface area contributed by atoms with E-state index in [1.807, 2.05) is 4.90 Å². The molecule has 1 fully saturated rings. The molecule has 12 heteroatoms. The summed E-state index contributed by atoms with van der Waals surface area (Å²) in [6, 6.07) is 0. The first-order chi connectivity index (χ1) is 30.7. The van der Waals surface area contributed by atoms with Crippen LogP contribution in [0.5, 0.6) is 0 Å². The molecule has 12 nitrogen and oxygen atoms in total. The molecule has 0 spiro atoms. The van der Waals surface area contributed by atoms with Gasteiger partial charge < -0.3 is 31.3 Å². The second-order valence-electron chi connectivity index (χ2n) is 18.9. The van der Waals surface area contributed by atoms with Crippen molar-refractivity contribution in [2.75, 3.05) is 78.5 Å². The average molecular weight is 895 g/mol. The van der Waals surface area contributed by atoms with Crippen molar-refractivity contribution in [2.24, 2.45) is 0 Å². The fourth-order valence-corrected chi connectivity index (χ4v) is 8.54. The first-order valence-corrected chi connectivity index (χ1v) is 26.8. The molecule has 372 valence electrons. The highest BCUT2D eigenvalue weighted by molar-refractivity contribution is 5.81. The minimum Gasteiger partial charge on any atom is -0.382 e. The Bertz CT molecular complexity index is 1020. The lowest BCUT2D eigenvalue weighted by Gasteiger charge is -2.36. The third-order valence-corrected chi connectivity index (χ3v) is 12.9. The number of β-amino-alcohol motifs (C(OH)–C–C–N with tert-alkyl or cyclic N) is 1. The van der Waals surface area contributed by atoms with Crippen LogP contribution in [-0.2, 0) is 14.4 Å². The first-order valence-electron chi connectivity index (χ1n) is 26.8. The molecule has 0 aromatic heterocycles. The quantitative estimate of drug-likeness (QED) is 0.0333. The molecule has 0 aliphatic carbocycles. The van der Waals surface area contributed by atoms with E-state index in [4.69, 9.17) is 0 Å². The van der Waals surface area contributed by atoms with Crippen LogP contribution in [0.3, 0.4) is 0 Å². The van der Waals surface area contributed by atoms with Crippen LogP contribution in [0.2, 0.25) is 0 Å². The Hall–Kier alpha value is -1.83. The number of nitrogens with zero attached hydrogens (tertiary/aromatic N) is 3. The van der Waals surface area contributed by atoms with Crippen molar-refractivity contribution in [1.29, 1.82) is 0 Å². The van der Waals surface area contributed by atoms with Crippen molar-refractivity contribution >= 4 is 17.7 Å². The minimum atomic E-state index is -1.27. The summed E-state index contributed by atoms with van der Waals surface area (Å²) in [5.74, 6) is -1.15. The number of hydrogen-bond acceptors (Lipinski definition) is 9. The second-order valence-corrected chi connectivity index (χ2v) is 18.9. The molecule has 1 heterocycles. The van der Waals surface area contributed by atoms with Crippen molar-refractivity contribution in [3.8, 4) is 0 Å². The van der Waals surface area contributed by atoms with E-state index in [0.29, 0.717) is 52.4 Å². The summed E-state index contributed by atoms with van der Waals surface area (Å²) in [5, 5.41) is 41.2. The fourth-order valence-electron chi connectivity index (χ4n) is 8.54. The van der Waals surface area contributed by atoms with Gasteiger partial charge >= 0.3 is 0 Å². The molecule has 3 unspecified atom stereocenters. The van der Waals surface area contributed by atoms with Gasteiger partial charge in [0.15, 0.2) is 0 Å². The van der Waals surface area contributed by atoms with Gasteiger partial charge in [0.1, 0.15) is 18.3 Å². The molecule has 3 atom stereocenters. The average Bonchev–Trinajstić information content (AvgIpc) is 3.28. The number of carbonyl (C=O) groups excluding carboxylic acids is 3. The number of carbonyl (C=O) groups is 3. The zero-order valence-electron chi connectivity index (χ0n) is 41.3. The van der Waals surface area contributed by atoms with E-state index in [1.54, 1.807) is 0 Å². The number of piperazine rings is 1. The molecule has 0 bridgehead atoms. The molecular formula is C51H102N6O6. The third-order valence-electron chi connectivity index (χ3n) is 12.9. The van der Waals surface area contributed by atoms with E-state index in [0.717, 1.165) is 64.5 Å². The third kappa shape index (κ3) is 35.1. The molecule has 63 heavy (non-hydrogen) atoms. The topological polar surface area (TPSA) is 158 Å². The Morgan fingerprint density at radius 3 is 1.00 bits per heavy atom. The highest BCUT2D eigenvalue weighted by Gasteiger charge is 2.26. The number of aliphatic hydroxyl groups excluding tert-OH is 3. The molecule has 0 aromatic rings. The molecule has 1 aliphatic heterocycles. The highest BCUT2D eigenvalue weighted by Crippen LogP contribution is 2.13. The van der Waals surface area contributed by atoms with E-state index in [1.165, 1.54) is 141 Å². The van der Waals surface area contributed by atoms with Crippen molar-refractivity contribution < 1.29 is 29.7 Å². The monoisotopic (exact) mass is 895 g/mol. The summed E-state index contributed by atoms with van der Waals surface area (Å²) >= 11 is 0. The van der Waals surface area contributed by atoms with Gasteiger partial charge in [-0.1, -0.05) is 194 Å². The van der Waals surface area contributed by atoms with Crippen LogP contribution < -0.4 is 16.0 Å². The summed E-state index contributed by atoms with van der Waals surface area (Å²) < 4.78 is 0. The molecule has 0 radical (unpaired) electrons. The van der Waals surface area contributed by atoms with Crippen LogP contribution in [0.15, 0.2) is 0 Å². The van der Waals surface area contributed by atoms with Crippen molar-refractivity contribution in [3.05, 3.63) is 0 Å². The van der Waals surface area contributed by atoms with Gasteiger partial charge in [-0.15, -0.1) is 0 Å². The van der Waals surface area contributed by atoms with Gasteiger partial charge in [0.05, 0.1) is 0 Å². The summed E-state index contributed by atoms with van der Waals surface area (Å²) in [7, 11) is 0. The normalized spacial score (nSPS) is 15.1. The smallest absolute Gasteiger partial charge is 0.250 e. The number of nitrogens with one attached hydrogen (secondary N) is 3. The predicted octanol–water partition coefficient (Wildman–Crippen LogP) is 8.10. The summed E-state index contributed by atoms with van der Waals surface area (Å²) in [4.78, 5) is 44.7. The molecule has 1 aliphatic rings. The van der Waals surface area contributed by atoms with E-state index < -0.39 is 30.1 Å². The van der Waals surface area contributed by atoms with Gasteiger partial charge in [-0.25, -0.2) is 0 Å². The van der Waals surface area contributed by atoms with E-state index in [9.17, 15) is 29.7 Å². The number of amides is 3. The molecule has 1 rings (SSSR count). The number of unbranched alkanes of at least 4 members (excludes halogenated alkanes) is 27. The fraction of sp³-hybridized carbons (Fsp3) is 0.941. The van der Waals surface area contributed by atoms with Gasteiger partial charge in [0.2, 0.25) is 17.7 Å². The van der Waals surface area contributed by atoms with E-state index >= 15 is 0 Å². The van der Waals surface area contributed by atoms with Crippen molar-refractivity contribution in [2.45, 2.75) is 232 Å². The van der Waals surface area contributed by atoms with Crippen LogP contribution in [-0.4, -0.2) is 145 Å². The minimum absolute atomic E-state index is 0.0209. The van der Waals surface area contributed by atoms with Crippen molar-refractivity contribution in [1.82, 2.24) is 30.7 Å². The molecule has 3 amide bonds. The molecule has 6 N–H and O–H groups in total. The van der Waals surface area contributed by atoms with E-state index in [-0.39, 0.29) is 19.0 Å². The maximum absolute atomic E-state index is 12.9. The van der Waals surface area contributed by atoms with E-state index in [2.05, 4.69) is 46.5 Å². The van der Waals surface area contributed by atoms with Gasteiger partial charge in [0, 0.05) is 78.5 Å². The lowest BCUT2D eigenvalue weighted by atomic mass is 10.1. The van der Waals surface area contributed by atoms with Crippen LogP contribution in [0, 0.1) is 0 Å².